The molecule has 2 rings (SSSR count). The summed E-state index contributed by atoms with van der Waals surface area (Å²) in [4.78, 5) is 8.49. The molecule has 0 radical (unpaired) electrons. The van der Waals surface area contributed by atoms with Crippen molar-refractivity contribution in [2.24, 2.45) is 5.73 Å². The van der Waals surface area contributed by atoms with Crippen LogP contribution in [-0.4, -0.2) is 21.8 Å². The highest BCUT2D eigenvalue weighted by Gasteiger charge is 2.04. The number of aromatic nitrogens is 2. The molecule has 0 bridgehead atoms. The van der Waals surface area contributed by atoms with Crippen molar-refractivity contribution < 1.29 is 0 Å². The van der Waals surface area contributed by atoms with Gasteiger partial charge in [0.05, 0.1) is 5.52 Å². The number of benzene rings is 1. The largest absolute Gasteiger partial charge is 0.327 e. The van der Waals surface area contributed by atoms with Gasteiger partial charge in [0.15, 0.2) is 0 Å². The van der Waals surface area contributed by atoms with Gasteiger partial charge in [-0.25, -0.2) is 9.97 Å². The molecule has 0 unspecified atom stereocenters. The molecular weight excluding hydrogens is 206 g/mol. The maximum atomic E-state index is 5.72. The van der Waals surface area contributed by atoms with E-state index in [0.29, 0.717) is 0 Å². The molecule has 1 atom stereocenters. The second-order valence-electron chi connectivity index (χ2n) is 3.48. The van der Waals surface area contributed by atoms with E-state index in [1.54, 1.807) is 18.1 Å². The van der Waals surface area contributed by atoms with Crippen molar-refractivity contribution in [1.82, 2.24) is 9.97 Å². The average Bonchev–Trinajstić information content (AvgIpc) is 2.26. The molecule has 0 aliphatic heterocycles. The Morgan fingerprint density at radius 2 is 2.13 bits per heavy atom. The summed E-state index contributed by atoms with van der Waals surface area (Å²) in [7, 11) is 0. The SMILES string of the molecule is C[C@@H](N)CSc1ncnc2ccccc12. The quantitative estimate of drug-likeness (QED) is 0.634. The molecule has 0 saturated heterocycles. The van der Waals surface area contributed by atoms with E-state index in [9.17, 15) is 0 Å². The first-order valence-corrected chi connectivity index (χ1v) is 5.84. The summed E-state index contributed by atoms with van der Waals surface area (Å²) in [6.07, 6.45) is 1.60. The topological polar surface area (TPSA) is 51.8 Å². The molecule has 0 amide bonds. The van der Waals surface area contributed by atoms with Crippen LogP contribution in [0.15, 0.2) is 35.6 Å². The first-order valence-electron chi connectivity index (χ1n) is 4.85. The fraction of sp³-hybridized carbons (Fsp3) is 0.273. The van der Waals surface area contributed by atoms with Crippen molar-refractivity contribution in [3.05, 3.63) is 30.6 Å². The molecule has 1 aromatic heterocycles. The molecule has 0 aliphatic rings. The Balaban J connectivity index is 2.34. The van der Waals surface area contributed by atoms with E-state index in [-0.39, 0.29) is 6.04 Å². The van der Waals surface area contributed by atoms with E-state index >= 15 is 0 Å². The van der Waals surface area contributed by atoms with Crippen LogP contribution in [0.1, 0.15) is 6.92 Å². The van der Waals surface area contributed by atoms with Crippen molar-refractivity contribution in [1.29, 1.82) is 0 Å². The zero-order valence-electron chi connectivity index (χ0n) is 8.55. The van der Waals surface area contributed by atoms with Gasteiger partial charge in [0.2, 0.25) is 0 Å². The number of thioether (sulfide) groups is 1. The van der Waals surface area contributed by atoms with Gasteiger partial charge in [0.25, 0.3) is 0 Å². The van der Waals surface area contributed by atoms with Crippen molar-refractivity contribution in [3.63, 3.8) is 0 Å². The lowest BCUT2D eigenvalue weighted by Crippen LogP contribution is -2.17. The van der Waals surface area contributed by atoms with Crippen molar-refractivity contribution in [3.8, 4) is 0 Å². The lowest BCUT2D eigenvalue weighted by molar-refractivity contribution is 0.846. The first kappa shape index (κ1) is 10.4. The maximum absolute atomic E-state index is 5.72. The van der Waals surface area contributed by atoms with Gasteiger partial charge in [-0.15, -0.1) is 11.8 Å². The monoisotopic (exact) mass is 219 g/mol. The van der Waals surface area contributed by atoms with Crippen LogP contribution in [-0.2, 0) is 0 Å². The van der Waals surface area contributed by atoms with Crippen molar-refractivity contribution >= 4 is 22.7 Å². The van der Waals surface area contributed by atoms with Gasteiger partial charge in [-0.2, -0.15) is 0 Å². The van der Waals surface area contributed by atoms with Gasteiger partial charge in [0.1, 0.15) is 11.4 Å². The Kier molecular flexibility index (Phi) is 3.18. The Hall–Kier alpha value is -1.13. The van der Waals surface area contributed by atoms with E-state index in [1.807, 2.05) is 31.2 Å². The van der Waals surface area contributed by atoms with Gasteiger partial charge < -0.3 is 5.73 Å². The van der Waals surface area contributed by atoms with Crippen LogP contribution in [0.2, 0.25) is 0 Å². The minimum atomic E-state index is 0.184. The molecule has 78 valence electrons. The highest BCUT2D eigenvalue weighted by atomic mass is 32.2. The molecule has 0 saturated carbocycles. The van der Waals surface area contributed by atoms with E-state index in [2.05, 4.69) is 9.97 Å². The molecule has 15 heavy (non-hydrogen) atoms. The summed E-state index contributed by atoms with van der Waals surface area (Å²) >= 11 is 1.68. The highest BCUT2D eigenvalue weighted by molar-refractivity contribution is 7.99. The van der Waals surface area contributed by atoms with E-state index in [0.717, 1.165) is 21.7 Å². The van der Waals surface area contributed by atoms with Crippen molar-refractivity contribution in [2.75, 3.05) is 5.75 Å². The first-order chi connectivity index (χ1) is 7.27. The normalized spacial score (nSPS) is 12.9. The van der Waals surface area contributed by atoms with Crippen LogP contribution in [0.4, 0.5) is 0 Å². The molecule has 0 aliphatic carbocycles. The molecule has 2 N–H and O–H groups in total. The molecule has 2 aromatic rings. The van der Waals surface area contributed by atoms with E-state index in [1.165, 1.54) is 0 Å². The second-order valence-corrected chi connectivity index (χ2v) is 4.49. The van der Waals surface area contributed by atoms with Crippen LogP contribution in [0.25, 0.3) is 10.9 Å². The Labute approximate surface area is 93.1 Å². The van der Waals surface area contributed by atoms with Gasteiger partial charge in [-0.05, 0) is 13.0 Å². The molecule has 1 heterocycles. The summed E-state index contributed by atoms with van der Waals surface area (Å²) in [5.74, 6) is 0.876. The number of fused-ring (bicyclic) bond motifs is 1. The number of rotatable bonds is 3. The molecule has 0 spiro atoms. The number of hydrogen-bond donors (Lipinski definition) is 1. The van der Waals surface area contributed by atoms with Crippen molar-refractivity contribution in [2.45, 2.75) is 18.0 Å². The minimum absolute atomic E-state index is 0.184. The third kappa shape index (κ3) is 2.46. The summed E-state index contributed by atoms with van der Waals surface area (Å²) in [6, 6.07) is 8.20. The summed E-state index contributed by atoms with van der Waals surface area (Å²) in [5.41, 5.74) is 6.71. The third-order valence-corrected chi connectivity index (χ3v) is 3.28. The number of hydrogen-bond acceptors (Lipinski definition) is 4. The van der Waals surface area contributed by atoms with Crippen LogP contribution < -0.4 is 5.73 Å². The zero-order chi connectivity index (χ0) is 10.7. The van der Waals surface area contributed by atoms with Crippen LogP contribution in [0.5, 0.6) is 0 Å². The van der Waals surface area contributed by atoms with Crippen LogP contribution in [0.3, 0.4) is 0 Å². The highest BCUT2D eigenvalue weighted by Crippen LogP contribution is 2.24. The molecule has 1 aromatic carbocycles. The van der Waals surface area contributed by atoms with E-state index in [4.69, 9.17) is 5.73 Å². The van der Waals surface area contributed by atoms with Gasteiger partial charge in [0, 0.05) is 17.2 Å². The molecule has 0 fully saturated rings. The van der Waals surface area contributed by atoms with Gasteiger partial charge in [-0.3, -0.25) is 0 Å². The second kappa shape index (κ2) is 4.59. The fourth-order valence-electron chi connectivity index (χ4n) is 1.31. The number of nitrogens with zero attached hydrogens (tertiary/aromatic N) is 2. The molecular formula is C11H13N3S. The lowest BCUT2D eigenvalue weighted by atomic mass is 10.2. The smallest absolute Gasteiger partial charge is 0.117 e. The molecule has 3 nitrogen and oxygen atoms in total. The average molecular weight is 219 g/mol. The Morgan fingerprint density at radius 1 is 1.33 bits per heavy atom. The zero-order valence-corrected chi connectivity index (χ0v) is 9.37. The number of para-hydroxylation sites is 1. The summed E-state index contributed by atoms with van der Waals surface area (Å²) in [6.45, 7) is 2.00. The van der Waals surface area contributed by atoms with Crippen LogP contribution in [0, 0.1) is 0 Å². The Morgan fingerprint density at radius 3 is 2.93 bits per heavy atom. The fourth-order valence-corrected chi connectivity index (χ4v) is 2.18. The van der Waals surface area contributed by atoms with Crippen LogP contribution >= 0.6 is 11.8 Å². The number of nitrogens with two attached hydrogens (primary N) is 1. The van der Waals surface area contributed by atoms with Gasteiger partial charge >= 0.3 is 0 Å². The standard InChI is InChI=1S/C11H13N3S/c1-8(12)6-15-11-9-4-2-3-5-10(9)13-7-14-11/h2-5,7-8H,6,12H2,1H3/t8-/m1/s1. The Bertz CT molecular complexity index is 451. The predicted molar refractivity (Wildman–Crippen MR) is 63.9 cm³/mol. The minimum Gasteiger partial charge on any atom is -0.327 e. The summed E-state index contributed by atoms with van der Waals surface area (Å²) in [5, 5.41) is 2.11. The summed E-state index contributed by atoms with van der Waals surface area (Å²) < 4.78 is 0. The third-order valence-electron chi connectivity index (χ3n) is 1.99. The maximum Gasteiger partial charge on any atom is 0.117 e. The lowest BCUT2D eigenvalue weighted by Gasteiger charge is -2.06. The predicted octanol–water partition coefficient (Wildman–Crippen LogP) is 2.07. The molecule has 4 heteroatoms. The van der Waals surface area contributed by atoms with Gasteiger partial charge in [-0.1, -0.05) is 18.2 Å². The van der Waals surface area contributed by atoms with E-state index < -0.39 is 0 Å².